The molecule has 138 valence electrons. The Bertz CT molecular complexity index is 941. The number of thioether (sulfide) groups is 1. The van der Waals surface area contributed by atoms with Gasteiger partial charge in [0.25, 0.3) is 11.1 Å². The molecule has 0 spiro atoms. The van der Waals surface area contributed by atoms with Gasteiger partial charge < -0.3 is 9.47 Å². The fraction of sp³-hybridized carbons (Fsp3) is 0.100. The lowest BCUT2D eigenvalue weighted by atomic mass is 10.1. The summed E-state index contributed by atoms with van der Waals surface area (Å²) in [6, 6.07) is 12.4. The molecule has 0 unspecified atom stereocenters. The summed E-state index contributed by atoms with van der Waals surface area (Å²) >= 11 is 4.30. The number of carbonyl (C=O) groups excluding carboxylic acids is 2. The van der Waals surface area contributed by atoms with E-state index in [0.717, 1.165) is 21.1 Å². The number of halogens is 1. The molecule has 7 heteroatoms. The van der Waals surface area contributed by atoms with Crippen LogP contribution in [-0.4, -0.2) is 24.9 Å². The van der Waals surface area contributed by atoms with Gasteiger partial charge in [0.2, 0.25) is 0 Å². The molecule has 27 heavy (non-hydrogen) atoms. The summed E-state index contributed by atoms with van der Waals surface area (Å²) < 4.78 is 11.8. The third-order valence-electron chi connectivity index (χ3n) is 3.73. The number of amides is 2. The number of para-hydroxylation sites is 2. The smallest absolute Gasteiger partial charge is 0.298 e. The van der Waals surface area contributed by atoms with Crippen LogP contribution in [0, 0.1) is 0 Å². The lowest BCUT2D eigenvalue weighted by Crippen LogP contribution is -2.28. The van der Waals surface area contributed by atoms with Gasteiger partial charge in [0.05, 0.1) is 17.7 Å². The van der Waals surface area contributed by atoms with Crippen LogP contribution in [0.4, 0.5) is 10.5 Å². The van der Waals surface area contributed by atoms with Gasteiger partial charge in [-0.1, -0.05) is 40.7 Å². The minimum Gasteiger partial charge on any atom is -0.495 e. The Morgan fingerprint density at radius 3 is 2.70 bits per heavy atom. The maximum atomic E-state index is 12.9. The molecular weight excluding hydrogens is 430 g/mol. The first-order chi connectivity index (χ1) is 13.0. The molecule has 1 aliphatic rings. The van der Waals surface area contributed by atoms with Crippen molar-refractivity contribution in [2.24, 2.45) is 0 Å². The highest BCUT2D eigenvalue weighted by molar-refractivity contribution is 9.10. The number of hydrogen-bond acceptors (Lipinski definition) is 5. The number of rotatable bonds is 6. The number of carbonyl (C=O) groups is 2. The molecule has 3 rings (SSSR count). The van der Waals surface area contributed by atoms with Gasteiger partial charge in [-0.2, -0.15) is 0 Å². The number of imide groups is 1. The zero-order chi connectivity index (χ0) is 19.4. The van der Waals surface area contributed by atoms with Gasteiger partial charge >= 0.3 is 0 Å². The average molecular weight is 446 g/mol. The topological polar surface area (TPSA) is 55.8 Å². The van der Waals surface area contributed by atoms with E-state index in [9.17, 15) is 9.59 Å². The molecule has 1 aliphatic heterocycles. The third-order valence-corrected chi connectivity index (χ3v) is 5.10. The highest BCUT2D eigenvalue weighted by Gasteiger charge is 2.37. The molecule has 2 aromatic carbocycles. The van der Waals surface area contributed by atoms with E-state index in [-0.39, 0.29) is 5.24 Å². The lowest BCUT2D eigenvalue weighted by Gasteiger charge is -2.15. The van der Waals surface area contributed by atoms with Gasteiger partial charge in [0.15, 0.2) is 0 Å². The second kappa shape index (κ2) is 8.45. The van der Waals surface area contributed by atoms with Crippen molar-refractivity contribution in [1.82, 2.24) is 0 Å². The van der Waals surface area contributed by atoms with E-state index in [1.54, 1.807) is 42.5 Å². The zero-order valence-electron chi connectivity index (χ0n) is 14.5. The van der Waals surface area contributed by atoms with Crippen molar-refractivity contribution in [1.29, 1.82) is 0 Å². The van der Waals surface area contributed by atoms with E-state index in [4.69, 9.17) is 9.47 Å². The van der Waals surface area contributed by atoms with E-state index in [1.165, 1.54) is 7.11 Å². The summed E-state index contributed by atoms with van der Waals surface area (Å²) in [4.78, 5) is 26.8. The number of nitrogens with zero attached hydrogens (tertiary/aromatic N) is 1. The zero-order valence-corrected chi connectivity index (χ0v) is 16.9. The van der Waals surface area contributed by atoms with Gasteiger partial charge in [0.1, 0.15) is 18.1 Å². The fourth-order valence-electron chi connectivity index (χ4n) is 2.54. The van der Waals surface area contributed by atoms with Crippen molar-refractivity contribution in [3.63, 3.8) is 0 Å². The SMILES string of the molecule is C=CCOc1ccc(Br)cc1/C=C1\SC(=O)N(c2ccccc2OC)C1=O. The van der Waals surface area contributed by atoms with Crippen LogP contribution in [0.3, 0.4) is 0 Å². The molecule has 1 fully saturated rings. The van der Waals surface area contributed by atoms with E-state index >= 15 is 0 Å². The van der Waals surface area contributed by atoms with E-state index in [1.807, 2.05) is 12.1 Å². The molecular formula is C20H16BrNO4S. The summed E-state index contributed by atoms with van der Waals surface area (Å²) in [6.45, 7) is 3.98. The standard InChI is InChI=1S/C20H16BrNO4S/c1-3-10-26-16-9-8-14(21)11-13(16)12-18-19(23)22(20(24)27-18)15-6-4-5-7-17(15)25-2/h3-9,11-12H,1,10H2,2H3/b18-12-. The predicted octanol–water partition coefficient (Wildman–Crippen LogP) is 5.26. The monoisotopic (exact) mass is 445 g/mol. The normalized spacial score (nSPS) is 15.3. The highest BCUT2D eigenvalue weighted by atomic mass is 79.9. The molecule has 0 saturated carbocycles. The van der Waals surface area contributed by atoms with Crippen molar-refractivity contribution in [3.05, 3.63) is 70.1 Å². The number of anilines is 1. The van der Waals surface area contributed by atoms with Gasteiger partial charge in [0, 0.05) is 10.0 Å². The molecule has 0 atom stereocenters. The van der Waals surface area contributed by atoms with Crippen LogP contribution in [-0.2, 0) is 4.79 Å². The Labute approximate surface area is 169 Å². The molecule has 5 nitrogen and oxygen atoms in total. The van der Waals surface area contributed by atoms with Gasteiger partial charge in [-0.15, -0.1) is 0 Å². The van der Waals surface area contributed by atoms with Crippen LogP contribution in [0.25, 0.3) is 6.08 Å². The lowest BCUT2D eigenvalue weighted by molar-refractivity contribution is -0.113. The van der Waals surface area contributed by atoms with E-state index in [0.29, 0.717) is 34.3 Å². The average Bonchev–Trinajstić information content (AvgIpc) is 2.94. The summed E-state index contributed by atoms with van der Waals surface area (Å²) in [5.41, 5.74) is 1.11. The molecule has 0 aliphatic carbocycles. The third kappa shape index (κ3) is 4.09. The summed E-state index contributed by atoms with van der Waals surface area (Å²) in [5, 5.41) is -0.376. The van der Waals surface area contributed by atoms with Crippen LogP contribution in [0.5, 0.6) is 11.5 Å². The molecule has 1 saturated heterocycles. The van der Waals surface area contributed by atoms with Crippen molar-refractivity contribution in [2.45, 2.75) is 0 Å². The van der Waals surface area contributed by atoms with Crippen LogP contribution >= 0.6 is 27.7 Å². The van der Waals surface area contributed by atoms with Crippen molar-refractivity contribution < 1.29 is 19.1 Å². The van der Waals surface area contributed by atoms with Gasteiger partial charge in [-0.25, -0.2) is 4.90 Å². The fourth-order valence-corrected chi connectivity index (χ4v) is 3.75. The maximum absolute atomic E-state index is 12.9. The Hall–Kier alpha value is -2.51. The first-order valence-electron chi connectivity index (χ1n) is 7.99. The summed E-state index contributed by atoms with van der Waals surface area (Å²) in [6.07, 6.45) is 3.30. The highest BCUT2D eigenvalue weighted by Crippen LogP contribution is 2.40. The van der Waals surface area contributed by atoms with Crippen molar-refractivity contribution >= 4 is 50.6 Å². The molecule has 1 heterocycles. The molecule has 2 aromatic rings. The Balaban J connectivity index is 1.98. The first kappa shape index (κ1) is 19.3. The molecule has 0 N–H and O–H groups in total. The summed E-state index contributed by atoms with van der Waals surface area (Å²) in [5.74, 6) is 0.657. The molecule has 0 bridgehead atoms. The molecule has 2 amide bonds. The number of benzene rings is 2. The Morgan fingerprint density at radius 1 is 1.19 bits per heavy atom. The predicted molar refractivity (Wildman–Crippen MR) is 111 cm³/mol. The quantitative estimate of drug-likeness (QED) is 0.448. The number of hydrogen-bond donors (Lipinski definition) is 0. The Morgan fingerprint density at radius 2 is 1.96 bits per heavy atom. The second-order valence-electron chi connectivity index (χ2n) is 5.47. The van der Waals surface area contributed by atoms with Gasteiger partial charge in [-0.05, 0) is 48.2 Å². The maximum Gasteiger partial charge on any atom is 0.298 e. The van der Waals surface area contributed by atoms with Crippen molar-refractivity contribution in [2.75, 3.05) is 18.6 Å². The Kier molecular flexibility index (Phi) is 6.03. The first-order valence-corrected chi connectivity index (χ1v) is 9.60. The van der Waals surface area contributed by atoms with Crippen molar-refractivity contribution in [3.8, 4) is 11.5 Å². The number of ether oxygens (including phenoxy) is 2. The minimum absolute atomic E-state index is 0.312. The van der Waals surface area contributed by atoms with Crippen LogP contribution in [0.15, 0.2) is 64.5 Å². The van der Waals surface area contributed by atoms with Gasteiger partial charge in [-0.3, -0.25) is 9.59 Å². The van der Waals surface area contributed by atoms with Crippen LogP contribution in [0.1, 0.15) is 5.56 Å². The van der Waals surface area contributed by atoms with Crippen LogP contribution in [0.2, 0.25) is 0 Å². The summed E-state index contributed by atoms with van der Waals surface area (Å²) in [7, 11) is 1.50. The molecule has 0 radical (unpaired) electrons. The van der Waals surface area contributed by atoms with Crippen LogP contribution < -0.4 is 14.4 Å². The van der Waals surface area contributed by atoms with E-state index in [2.05, 4.69) is 22.5 Å². The van der Waals surface area contributed by atoms with E-state index < -0.39 is 5.91 Å². The molecule has 0 aromatic heterocycles. The second-order valence-corrected chi connectivity index (χ2v) is 7.38. The minimum atomic E-state index is -0.399. The largest absolute Gasteiger partial charge is 0.495 e. The number of methoxy groups -OCH3 is 1.